The van der Waals surface area contributed by atoms with Crippen molar-refractivity contribution in [3.05, 3.63) is 34.9 Å². The quantitative estimate of drug-likeness (QED) is 0.618. The summed E-state index contributed by atoms with van der Waals surface area (Å²) in [6.07, 6.45) is 0.627. The number of rotatable bonds is 8. The molecule has 0 aliphatic carbocycles. The summed E-state index contributed by atoms with van der Waals surface area (Å²) in [5.74, 6) is -0.994. The molecular weight excluding hydrogens is 334 g/mol. The van der Waals surface area contributed by atoms with Crippen LogP contribution in [-0.4, -0.2) is 30.6 Å². The van der Waals surface area contributed by atoms with Crippen molar-refractivity contribution >= 4 is 29.5 Å². The van der Waals surface area contributed by atoms with Gasteiger partial charge < -0.3 is 21.1 Å². The Bertz CT molecular complexity index is 577. The number of halogens is 1. The normalized spacial score (nSPS) is 12.8. The van der Waals surface area contributed by atoms with Crippen LogP contribution in [0.3, 0.4) is 0 Å². The van der Waals surface area contributed by atoms with Crippen molar-refractivity contribution in [1.82, 2.24) is 10.6 Å². The summed E-state index contributed by atoms with van der Waals surface area (Å²) in [5.41, 5.74) is 5.79. The van der Waals surface area contributed by atoms with Crippen LogP contribution >= 0.6 is 11.6 Å². The Hall–Kier alpha value is -2.28. The van der Waals surface area contributed by atoms with Gasteiger partial charge in [-0.1, -0.05) is 30.7 Å². The van der Waals surface area contributed by atoms with Gasteiger partial charge in [0.2, 0.25) is 0 Å². The maximum Gasteiger partial charge on any atom is 0.312 e. The van der Waals surface area contributed by atoms with Crippen molar-refractivity contribution in [1.29, 1.82) is 0 Å². The Morgan fingerprint density at radius 2 is 1.83 bits per heavy atom. The van der Waals surface area contributed by atoms with E-state index in [0.717, 1.165) is 6.42 Å². The maximum atomic E-state index is 11.9. The number of benzene rings is 1. The Morgan fingerprint density at radius 3 is 2.38 bits per heavy atom. The number of nitrogens with one attached hydrogen (secondary N) is 2. The molecule has 0 radical (unpaired) electrons. The predicted octanol–water partition coefficient (Wildman–Crippen LogP) is 1.90. The fraction of sp³-hybridized carbons (Fsp3) is 0.438. The monoisotopic (exact) mass is 355 g/mol. The third-order valence-electron chi connectivity index (χ3n) is 3.34. The van der Waals surface area contributed by atoms with Crippen molar-refractivity contribution in [2.45, 2.75) is 38.8 Å². The zero-order valence-corrected chi connectivity index (χ0v) is 14.4. The summed E-state index contributed by atoms with van der Waals surface area (Å²) in [5, 5.41) is 5.69. The Kier molecular flexibility index (Phi) is 8.05. The highest BCUT2D eigenvalue weighted by Crippen LogP contribution is 2.19. The number of ether oxygens (including phenoxy) is 1. The van der Waals surface area contributed by atoms with E-state index in [1.807, 2.05) is 13.8 Å². The molecule has 2 atom stereocenters. The maximum absolute atomic E-state index is 11.9. The lowest BCUT2D eigenvalue weighted by molar-refractivity contribution is -0.149. The lowest BCUT2D eigenvalue weighted by atomic mass is 10.0. The minimum Gasteiger partial charge on any atom is -0.456 e. The summed E-state index contributed by atoms with van der Waals surface area (Å²) in [6.45, 7) is 3.42. The number of amides is 3. The molecule has 0 saturated heterocycles. The second kappa shape index (κ2) is 9.77. The van der Waals surface area contributed by atoms with Gasteiger partial charge in [0, 0.05) is 11.1 Å². The molecule has 1 aromatic rings. The van der Waals surface area contributed by atoms with Crippen LogP contribution < -0.4 is 16.4 Å². The molecule has 0 spiro atoms. The summed E-state index contributed by atoms with van der Waals surface area (Å²) < 4.78 is 4.94. The molecule has 1 aromatic carbocycles. The highest BCUT2D eigenvalue weighted by molar-refractivity contribution is 6.30. The zero-order valence-electron chi connectivity index (χ0n) is 13.7. The molecule has 132 valence electrons. The van der Waals surface area contributed by atoms with E-state index in [9.17, 15) is 14.4 Å². The van der Waals surface area contributed by atoms with Gasteiger partial charge in [-0.3, -0.25) is 9.59 Å². The van der Waals surface area contributed by atoms with Gasteiger partial charge in [0.25, 0.3) is 5.91 Å². The molecule has 1 rings (SSSR count). The first kappa shape index (κ1) is 19.8. The van der Waals surface area contributed by atoms with Crippen molar-refractivity contribution in [3.63, 3.8) is 0 Å². The molecule has 0 aliphatic heterocycles. The topological polar surface area (TPSA) is 111 Å². The summed E-state index contributed by atoms with van der Waals surface area (Å²) in [7, 11) is 0. The molecule has 3 amide bonds. The number of carbonyl (C=O) groups is 3. The van der Waals surface area contributed by atoms with Gasteiger partial charge in [0.05, 0.1) is 12.5 Å². The van der Waals surface area contributed by atoms with E-state index in [1.54, 1.807) is 24.3 Å². The van der Waals surface area contributed by atoms with Gasteiger partial charge in [-0.05, 0) is 31.0 Å². The first-order valence-electron chi connectivity index (χ1n) is 7.58. The molecule has 0 unspecified atom stereocenters. The highest BCUT2D eigenvalue weighted by Gasteiger charge is 2.19. The van der Waals surface area contributed by atoms with E-state index in [1.165, 1.54) is 0 Å². The fourth-order valence-electron chi connectivity index (χ4n) is 1.91. The van der Waals surface area contributed by atoms with E-state index < -0.39 is 18.0 Å². The largest absolute Gasteiger partial charge is 0.456 e. The van der Waals surface area contributed by atoms with E-state index >= 15 is 0 Å². The molecule has 24 heavy (non-hydrogen) atoms. The minimum absolute atomic E-state index is 0.00884. The number of urea groups is 1. The van der Waals surface area contributed by atoms with Crippen LogP contribution in [0, 0.1) is 0 Å². The van der Waals surface area contributed by atoms with E-state index in [4.69, 9.17) is 22.1 Å². The van der Waals surface area contributed by atoms with Crippen LogP contribution in [0.5, 0.6) is 0 Å². The Labute approximate surface area is 145 Å². The Balaban J connectivity index is 2.60. The third-order valence-corrected chi connectivity index (χ3v) is 3.60. The molecule has 4 N–H and O–H groups in total. The third kappa shape index (κ3) is 7.32. The van der Waals surface area contributed by atoms with E-state index in [-0.39, 0.29) is 25.0 Å². The molecule has 0 fully saturated rings. The van der Waals surface area contributed by atoms with Crippen molar-refractivity contribution in [2.24, 2.45) is 5.73 Å². The van der Waals surface area contributed by atoms with Gasteiger partial charge >= 0.3 is 12.0 Å². The molecule has 0 aliphatic rings. The summed E-state index contributed by atoms with van der Waals surface area (Å²) >= 11 is 5.82. The van der Waals surface area contributed by atoms with E-state index in [2.05, 4.69) is 10.6 Å². The van der Waals surface area contributed by atoms with Crippen LogP contribution in [0.25, 0.3) is 0 Å². The average molecular weight is 356 g/mol. The van der Waals surface area contributed by atoms with Gasteiger partial charge in [-0.2, -0.15) is 0 Å². The smallest absolute Gasteiger partial charge is 0.312 e. The van der Waals surface area contributed by atoms with Crippen molar-refractivity contribution < 1.29 is 19.1 Å². The minimum atomic E-state index is -0.766. The SMILES string of the molecule is CC[C@@H](C)NC(=O)COC(=O)C[C@H](NC(N)=O)c1ccc(Cl)cc1. The van der Waals surface area contributed by atoms with Crippen LogP contribution in [0.4, 0.5) is 4.79 Å². The van der Waals surface area contributed by atoms with Gasteiger partial charge in [0.15, 0.2) is 6.61 Å². The van der Waals surface area contributed by atoms with Gasteiger partial charge in [-0.25, -0.2) is 4.79 Å². The summed E-state index contributed by atoms with van der Waals surface area (Å²) in [4.78, 5) is 34.6. The zero-order chi connectivity index (χ0) is 18.1. The number of hydrogen-bond donors (Lipinski definition) is 3. The molecule has 0 heterocycles. The van der Waals surface area contributed by atoms with Crippen LogP contribution in [0.2, 0.25) is 5.02 Å². The lowest BCUT2D eigenvalue weighted by Gasteiger charge is -2.17. The van der Waals surface area contributed by atoms with Crippen LogP contribution in [0.1, 0.15) is 38.3 Å². The number of esters is 1. The number of primary amides is 1. The number of hydrogen-bond acceptors (Lipinski definition) is 4. The first-order valence-corrected chi connectivity index (χ1v) is 7.96. The molecular formula is C16H22ClN3O4. The molecule has 0 bridgehead atoms. The lowest BCUT2D eigenvalue weighted by Crippen LogP contribution is -2.37. The molecule has 8 heteroatoms. The summed E-state index contributed by atoms with van der Waals surface area (Å²) in [6, 6.07) is 5.20. The van der Waals surface area contributed by atoms with Gasteiger partial charge in [-0.15, -0.1) is 0 Å². The van der Waals surface area contributed by atoms with Crippen molar-refractivity contribution in [2.75, 3.05) is 6.61 Å². The number of nitrogens with two attached hydrogens (primary N) is 1. The molecule has 0 saturated carbocycles. The fourth-order valence-corrected chi connectivity index (χ4v) is 2.04. The second-order valence-electron chi connectivity index (χ2n) is 5.35. The van der Waals surface area contributed by atoms with Gasteiger partial charge in [0.1, 0.15) is 0 Å². The van der Waals surface area contributed by atoms with Crippen molar-refractivity contribution in [3.8, 4) is 0 Å². The first-order chi connectivity index (χ1) is 11.3. The molecule has 7 nitrogen and oxygen atoms in total. The van der Waals surface area contributed by atoms with E-state index in [0.29, 0.717) is 10.6 Å². The average Bonchev–Trinajstić information content (AvgIpc) is 2.52. The Morgan fingerprint density at radius 1 is 1.21 bits per heavy atom. The second-order valence-corrected chi connectivity index (χ2v) is 5.79. The highest BCUT2D eigenvalue weighted by atomic mass is 35.5. The van der Waals surface area contributed by atoms with Crippen LogP contribution in [-0.2, 0) is 14.3 Å². The van der Waals surface area contributed by atoms with Crippen LogP contribution in [0.15, 0.2) is 24.3 Å². The standard InChI is InChI=1S/C16H22ClN3O4/c1-3-10(2)19-14(21)9-24-15(22)8-13(20-16(18)23)11-4-6-12(17)7-5-11/h4-7,10,13H,3,8-9H2,1-2H3,(H,19,21)(H3,18,20,23)/t10-,13+/m1/s1. The predicted molar refractivity (Wildman–Crippen MR) is 90.4 cm³/mol. The number of carbonyl (C=O) groups excluding carboxylic acids is 3. The molecule has 0 aromatic heterocycles.